The highest BCUT2D eigenvalue weighted by molar-refractivity contribution is 8.00. The average Bonchev–Trinajstić information content (AvgIpc) is 2.87. The van der Waals surface area contributed by atoms with E-state index >= 15 is 0 Å². The molecule has 8 heteroatoms. The molecule has 0 saturated carbocycles. The van der Waals surface area contributed by atoms with Crippen molar-refractivity contribution in [3.8, 4) is 17.2 Å². The minimum absolute atomic E-state index is 0.114. The first-order valence-electron chi connectivity index (χ1n) is 10.7. The molecule has 0 saturated heterocycles. The molecule has 0 radical (unpaired) electrons. The molecule has 0 spiro atoms. The van der Waals surface area contributed by atoms with Gasteiger partial charge in [0.2, 0.25) is 5.91 Å². The molecule has 34 heavy (non-hydrogen) atoms. The Hall–Kier alpha value is -3.65. The van der Waals surface area contributed by atoms with Crippen molar-refractivity contribution in [3.05, 3.63) is 72.3 Å². The van der Waals surface area contributed by atoms with Crippen LogP contribution in [0.2, 0.25) is 0 Å². The van der Waals surface area contributed by atoms with Crippen molar-refractivity contribution >= 4 is 35.0 Å². The summed E-state index contributed by atoms with van der Waals surface area (Å²) in [6.45, 7) is 1.96. The third-order valence-corrected chi connectivity index (χ3v) is 6.40. The zero-order chi connectivity index (χ0) is 24.5. The zero-order valence-corrected chi connectivity index (χ0v) is 20.4. The van der Waals surface area contributed by atoms with Crippen LogP contribution in [0.1, 0.15) is 23.7 Å². The molecule has 0 fully saturated rings. The van der Waals surface area contributed by atoms with E-state index in [-0.39, 0.29) is 17.1 Å². The van der Waals surface area contributed by atoms with Crippen molar-refractivity contribution in [2.75, 3.05) is 32.0 Å². The number of nitrogens with one attached hydrogen (secondary N) is 2. The van der Waals surface area contributed by atoms with Crippen LogP contribution in [0.5, 0.6) is 17.2 Å². The molecule has 3 aromatic rings. The molecule has 0 bridgehead atoms. The Bertz CT molecular complexity index is 1150. The second-order valence-electron chi connectivity index (χ2n) is 7.26. The van der Waals surface area contributed by atoms with Crippen molar-refractivity contribution < 1.29 is 23.8 Å². The number of hydrogen-bond acceptors (Lipinski definition) is 6. The van der Waals surface area contributed by atoms with Gasteiger partial charge in [0.25, 0.3) is 5.91 Å². The maximum absolute atomic E-state index is 12.9. The number of para-hydroxylation sites is 2. The highest BCUT2D eigenvalue weighted by Gasteiger charge is 2.20. The Balaban J connectivity index is 1.69. The summed E-state index contributed by atoms with van der Waals surface area (Å²) >= 11 is 1.44. The van der Waals surface area contributed by atoms with Gasteiger partial charge in [-0.3, -0.25) is 9.59 Å². The number of methoxy groups -OCH3 is 3. The van der Waals surface area contributed by atoms with Gasteiger partial charge >= 0.3 is 0 Å². The Morgan fingerprint density at radius 3 is 2.26 bits per heavy atom. The molecule has 7 nitrogen and oxygen atoms in total. The van der Waals surface area contributed by atoms with E-state index in [9.17, 15) is 9.59 Å². The molecule has 0 aliphatic heterocycles. The zero-order valence-electron chi connectivity index (χ0n) is 19.6. The van der Waals surface area contributed by atoms with Crippen LogP contribution < -0.4 is 24.8 Å². The number of carbonyl (C=O) groups excluding carboxylic acids is 2. The molecule has 0 heterocycles. The van der Waals surface area contributed by atoms with Gasteiger partial charge in [0.05, 0.1) is 32.3 Å². The first-order valence-corrected chi connectivity index (χ1v) is 11.6. The van der Waals surface area contributed by atoms with Crippen molar-refractivity contribution in [1.82, 2.24) is 0 Å². The predicted molar refractivity (Wildman–Crippen MR) is 136 cm³/mol. The normalized spacial score (nSPS) is 11.3. The first kappa shape index (κ1) is 25.0. The van der Waals surface area contributed by atoms with E-state index in [1.165, 1.54) is 18.9 Å². The first-order chi connectivity index (χ1) is 16.5. The molecule has 3 rings (SSSR count). The summed E-state index contributed by atoms with van der Waals surface area (Å²) in [5.41, 5.74) is 1.70. The van der Waals surface area contributed by atoms with Crippen LogP contribution in [0.4, 0.5) is 11.4 Å². The Kier molecular flexibility index (Phi) is 8.81. The molecule has 1 atom stereocenters. The summed E-state index contributed by atoms with van der Waals surface area (Å²) in [7, 11) is 4.63. The minimum Gasteiger partial charge on any atom is -0.495 e. The highest BCUT2D eigenvalue weighted by Crippen LogP contribution is 2.31. The van der Waals surface area contributed by atoms with Gasteiger partial charge in [-0.05, 0) is 55.0 Å². The lowest BCUT2D eigenvalue weighted by atomic mass is 10.2. The standard InChI is InChI=1S/C26H28N2O5S/c1-5-24(26(30)28-20-11-6-7-12-21(20)31-2)34-19-10-8-9-18(16-19)27-25(29)17-13-14-22(32-3)23(15-17)33-4/h6-16,24H,5H2,1-4H3,(H,27,29)(H,28,30). The van der Waals surface area contributed by atoms with Gasteiger partial charge in [0, 0.05) is 16.1 Å². The number of thioether (sulfide) groups is 1. The summed E-state index contributed by atoms with van der Waals surface area (Å²) in [6.07, 6.45) is 0.633. The summed E-state index contributed by atoms with van der Waals surface area (Å²) < 4.78 is 15.8. The summed E-state index contributed by atoms with van der Waals surface area (Å²) in [5, 5.41) is 5.52. The van der Waals surface area contributed by atoms with Gasteiger partial charge in [-0.2, -0.15) is 0 Å². The minimum atomic E-state index is -0.318. The van der Waals surface area contributed by atoms with E-state index in [1.807, 2.05) is 37.3 Å². The molecule has 0 aromatic heterocycles. The molecule has 178 valence electrons. The van der Waals surface area contributed by atoms with Crippen LogP contribution in [0.25, 0.3) is 0 Å². The van der Waals surface area contributed by atoms with E-state index in [0.717, 1.165) is 4.90 Å². The molecule has 3 aromatic carbocycles. The number of anilines is 2. The average molecular weight is 481 g/mol. The van der Waals surface area contributed by atoms with Crippen LogP contribution in [-0.4, -0.2) is 38.4 Å². The van der Waals surface area contributed by atoms with Crippen molar-refractivity contribution in [2.45, 2.75) is 23.5 Å². The SMILES string of the molecule is CCC(Sc1cccc(NC(=O)c2ccc(OC)c(OC)c2)c1)C(=O)Nc1ccccc1OC. The third-order valence-electron chi connectivity index (χ3n) is 5.04. The van der Waals surface area contributed by atoms with Gasteiger partial charge in [0.15, 0.2) is 11.5 Å². The Labute approximate surface area is 203 Å². The van der Waals surface area contributed by atoms with Crippen LogP contribution in [-0.2, 0) is 4.79 Å². The van der Waals surface area contributed by atoms with E-state index in [2.05, 4.69) is 10.6 Å². The van der Waals surface area contributed by atoms with E-state index in [1.54, 1.807) is 50.6 Å². The second-order valence-corrected chi connectivity index (χ2v) is 8.53. The third kappa shape index (κ3) is 6.23. The van der Waals surface area contributed by atoms with Gasteiger partial charge in [0.1, 0.15) is 5.75 Å². The van der Waals surface area contributed by atoms with Crippen molar-refractivity contribution in [1.29, 1.82) is 0 Å². The molecule has 2 amide bonds. The molecular weight excluding hydrogens is 452 g/mol. The fourth-order valence-electron chi connectivity index (χ4n) is 3.28. The fraction of sp³-hybridized carbons (Fsp3) is 0.231. The van der Waals surface area contributed by atoms with Gasteiger partial charge in [-0.15, -0.1) is 11.8 Å². The molecule has 0 aliphatic rings. The van der Waals surface area contributed by atoms with Crippen molar-refractivity contribution in [2.24, 2.45) is 0 Å². The number of rotatable bonds is 10. The molecule has 2 N–H and O–H groups in total. The smallest absolute Gasteiger partial charge is 0.255 e. The lowest BCUT2D eigenvalue weighted by Gasteiger charge is -2.17. The number of ether oxygens (including phenoxy) is 3. The molecular formula is C26H28N2O5S. The van der Waals surface area contributed by atoms with E-state index < -0.39 is 0 Å². The van der Waals surface area contributed by atoms with Crippen LogP contribution in [0, 0.1) is 0 Å². The molecule has 0 aliphatic carbocycles. The van der Waals surface area contributed by atoms with Crippen LogP contribution >= 0.6 is 11.8 Å². The van der Waals surface area contributed by atoms with Crippen molar-refractivity contribution in [3.63, 3.8) is 0 Å². The van der Waals surface area contributed by atoms with E-state index in [4.69, 9.17) is 14.2 Å². The summed E-state index contributed by atoms with van der Waals surface area (Å²) in [6, 6.07) is 19.7. The highest BCUT2D eigenvalue weighted by atomic mass is 32.2. The number of amides is 2. The summed E-state index contributed by atoms with van der Waals surface area (Å²) in [4.78, 5) is 26.5. The van der Waals surface area contributed by atoms with E-state index in [0.29, 0.717) is 40.6 Å². The Morgan fingerprint density at radius 2 is 1.56 bits per heavy atom. The summed E-state index contributed by atoms with van der Waals surface area (Å²) in [5.74, 6) is 1.25. The quantitative estimate of drug-likeness (QED) is 0.374. The fourth-order valence-corrected chi connectivity index (χ4v) is 4.29. The number of benzene rings is 3. The number of carbonyl (C=O) groups is 2. The van der Waals surface area contributed by atoms with Gasteiger partial charge < -0.3 is 24.8 Å². The largest absolute Gasteiger partial charge is 0.495 e. The second kappa shape index (κ2) is 12.0. The number of hydrogen-bond donors (Lipinski definition) is 2. The van der Waals surface area contributed by atoms with Gasteiger partial charge in [-0.1, -0.05) is 25.1 Å². The van der Waals surface area contributed by atoms with Crippen LogP contribution in [0.3, 0.4) is 0 Å². The van der Waals surface area contributed by atoms with Crippen LogP contribution in [0.15, 0.2) is 71.6 Å². The lowest BCUT2D eigenvalue weighted by Crippen LogP contribution is -2.24. The molecule has 1 unspecified atom stereocenters. The maximum atomic E-state index is 12.9. The van der Waals surface area contributed by atoms with Gasteiger partial charge in [-0.25, -0.2) is 0 Å². The topological polar surface area (TPSA) is 85.9 Å². The monoisotopic (exact) mass is 480 g/mol. The maximum Gasteiger partial charge on any atom is 0.255 e. The lowest BCUT2D eigenvalue weighted by molar-refractivity contribution is -0.115. The predicted octanol–water partition coefficient (Wildman–Crippen LogP) is 5.47. The Morgan fingerprint density at radius 1 is 0.824 bits per heavy atom.